The number of sulfonamides is 1. The molecule has 0 spiro atoms. The quantitative estimate of drug-likeness (QED) is 0.448. The molecule has 0 radical (unpaired) electrons. The van der Waals surface area contributed by atoms with E-state index in [2.05, 4.69) is 10.0 Å². The molecule has 1 fully saturated rings. The molecular weight excluding hydrogens is 410 g/mol. The Morgan fingerprint density at radius 3 is 2.11 bits per heavy atom. The van der Waals surface area contributed by atoms with Gasteiger partial charge in [0.05, 0.1) is 18.8 Å². The zero-order valence-corrected chi connectivity index (χ0v) is 19.0. The second-order valence-corrected chi connectivity index (χ2v) is 11.9. The standard InChI is InChI=1S/C15H31N5O6S2/c1-11-8-20(14(22)15(2,3)17-27(7,23)24)9-12(11)16-13(21)10-19(6)28(25,26)18(4)5/h11-12,17H,8-10H2,1-7H3,(H,16,21)/t11-,12-/m1/s1. The fourth-order valence-corrected chi connectivity index (χ4v) is 4.89. The second kappa shape index (κ2) is 8.61. The van der Waals surface area contributed by atoms with Crippen molar-refractivity contribution in [1.82, 2.24) is 23.5 Å². The molecule has 11 nitrogen and oxygen atoms in total. The Labute approximate surface area is 167 Å². The van der Waals surface area contributed by atoms with E-state index in [0.717, 1.165) is 14.9 Å². The predicted molar refractivity (Wildman–Crippen MR) is 105 cm³/mol. The molecule has 1 saturated heterocycles. The molecule has 0 aromatic rings. The summed E-state index contributed by atoms with van der Waals surface area (Å²) in [6, 6.07) is -0.360. The van der Waals surface area contributed by atoms with E-state index < -0.39 is 37.6 Å². The molecule has 1 aliphatic rings. The molecule has 2 atom stereocenters. The average molecular weight is 442 g/mol. The molecule has 1 rings (SSSR count). The Bertz CT molecular complexity index is 809. The van der Waals surface area contributed by atoms with Gasteiger partial charge in [-0.3, -0.25) is 9.59 Å². The van der Waals surface area contributed by atoms with Gasteiger partial charge in [0, 0.05) is 34.2 Å². The number of amides is 2. The van der Waals surface area contributed by atoms with Crippen molar-refractivity contribution >= 4 is 32.0 Å². The molecule has 1 aliphatic heterocycles. The van der Waals surface area contributed by atoms with Gasteiger partial charge in [-0.2, -0.15) is 17.0 Å². The van der Waals surface area contributed by atoms with Crippen LogP contribution in [0, 0.1) is 5.92 Å². The number of hydrogen-bond donors (Lipinski definition) is 2. The van der Waals surface area contributed by atoms with Crippen LogP contribution in [-0.4, -0.2) is 101 Å². The van der Waals surface area contributed by atoms with Crippen molar-refractivity contribution in [1.29, 1.82) is 0 Å². The van der Waals surface area contributed by atoms with Crippen molar-refractivity contribution in [3.05, 3.63) is 0 Å². The van der Waals surface area contributed by atoms with Gasteiger partial charge in [-0.15, -0.1) is 0 Å². The van der Waals surface area contributed by atoms with Gasteiger partial charge in [-0.25, -0.2) is 13.1 Å². The average Bonchev–Trinajstić information content (AvgIpc) is 2.84. The third-order valence-electron chi connectivity index (χ3n) is 4.44. The molecule has 0 unspecified atom stereocenters. The topological polar surface area (TPSA) is 136 Å². The van der Waals surface area contributed by atoms with Gasteiger partial charge in [0.15, 0.2) is 0 Å². The molecule has 1 heterocycles. The highest BCUT2D eigenvalue weighted by molar-refractivity contribution is 7.88. The molecule has 0 aromatic heterocycles. The van der Waals surface area contributed by atoms with Crippen molar-refractivity contribution in [2.75, 3.05) is 47.0 Å². The zero-order valence-electron chi connectivity index (χ0n) is 17.4. The summed E-state index contributed by atoms with van der Waals surface area (Å²) in [5.41, 5.74) is -1.31. The molecule has 0 aromatic carbocycles. The fourth-order valence-electron chi connectivity index (χ4n) is 3.04. The summed E-state index contributed by atoms with van der Waals surface area (Å²) in [6.07, 6.45) is 0.982. The number of rotatable bonds is 8. The second-order valence-electron chi connectivity index (χ2n) is 7.91. The normalized spacial score (nSPS) is 21.4. The first-order chi connectivity index (χ1) is 12.5. The summed E-state index contributed by atoms with van der Waals surface area (Å²) in [4.78, 5) is 26.4. The number of carbonyl (C=O) groups excluding carboxylic acids is 2. The number of nitrogens with zero attached hydrogens (tertiary/aromatic N) is 3. The maximum atomic E-state index is 12.7. The van der Waals surface area contributed by atoms with E-state index in [1.54, 1.807) is 0 Å². The fraction of sp³-hybridized carbons (Fsp3) is 0.867. The SMILES string of the molecule is C[C@@H]1CN(C(=O)C(C)(C)NS(C)(=O)=O)C[C@H]1NC(=O)CN(C)S(=O)(=O)N(C)C. The van der Waals surface area contributed by atoms with Gasteiger partial charge in [0.25, 0.3) is 10.2 Å². The van der Waals surface area contributed by atoms with Crippen LogP contribution in [0.25, 0.3) is 0 Å². The maximum absolute atomic E-state index is 12.7. The van der Waals surface area contributed by atoms with E-state index in [0.29, 0.717) is 6.54 Å². The van der Waals surface area contributed by atoms with Gasteiger partial charge in [0.2, 0.25) is 21.8 Å². The Hall–Kier alpha value is -1.28. The Morgan fingerprint density at radius 1 is 1.11 bits per heavy atom. The lowest BCUT2D eigenvalue weighted by Gasteiger charge is -2.29. The summed E-state index contributed by atoms with van der Waals surface area (Å²) >= 11 is 0. The first-order valence-electron chi connectivity index (χ1n) is 8.69. The van der Waals surface area contributed by atoms with Crippen molar-refractivity contribution in [2.45, 2.75) is 32.4 Å². The van der Waals surface area contributed by atoms with Crippen LogP contribution in [0.2, 0.25) is 0 Å². The van der Waals surface area contributed by atoms with E-state index in [9.17, 15) is 26.4 Å². The van der Waals surface area contributed by atoms with Gasteiger partial charge in [-0.1, -0.05) is 6.92 Å². The van der Waals surface area contributed by atoms with E-state index in [4.69, 9.17) is 0 Å². The smallest absolute Gasteiger partial charge is 0.281 e. The Balaban J connectivity index is 2.74. The highest BCUT2D eigenvalue weighted by Crippen LogP contribution is 2.20. The minimum absolute atomic E-state index is 0.0716. The van der Waals surface area contributed by atoms with Crippen LogP contribution < -0.4 is 10.0 Å². The molecule has 28 heavy (non-hydrogen) atoms. The van der Waals surface area contributed by atoms with Crippen LogP contribution in [0.4, 0.5) is 0 Å². The maximum Gasteiger partial charge on any atom is 0.281 e. The summed E-state index contributed by atoms with van der Waals surface area (Å²) in [6.45, 7) is 5.03. The zero-order chi connectivity index (χ0) is 22.1. The summed E-state index contributed by atoms with van der Waals surface area (Å²) in [7, 11) is -3.22. The summed E-state index contributed by atoms with van der Waals surface area (Å²) < 4.78 is 51.2. The van der Waals surface area contributed by atoms with Crippen molar-refractivity contribution in [3.8, 4) is 0 Å². The van der Waals surface area contributed by atoms with Gasteiger partial charge in [-0.05, 0) is 19.8 Å². The number of hydrogen-bond acceptors (Lipinski definition) is 6. The number of carbonyl (C=O) groups is 2. The third-order valence-corrected chi connectivity index (χ3v) is 7.16. The Kier molecular flexibility index (Phi) is 7.61. The molecule has 0 bridgehead atoms. The molecule has 164 valence electrons. The lowest BCUT2D eigenvalue weighted by molar-refractivity contribution is -0.135. The van der Waals surface area contributed by atoms with Crippen LogP contribution in [0.1, 0.15) is 20.8 Å². The minimum Gasteiger partial charge on any atom is -0.350 e. The highest BCUT2D eigenvalue weighted by atomic mass is 32.2. The van der Waals surface area contributed by atoms with Gasteiger partial charge < -0.3 is 10.2 Å². The lowest BCUT2D eigenvalue weighted by atomic mass is 10.1. The molecule has 13 heteroatoms. The monoisotopic (exact) mass is 441 g/mol. The van der Waals surface area contributed by atoms with Crippen molar-refractivity contribution in [2.24, 2.45) is 5.92 Å². The molecule has 2 N–H and O–H groups in total. The summed E-state index contributed by atoms with van der Waals surface area (Å²) in [5, 5.41) is 2.76. The lowest BCUT2D eigenvalue weighted by Crippen LogP contribution is -2.55. The van der Waals surface area contributed by atoms with E-state index >= 15 is 0 Å². The molecule has 0 aliphatic carbocycles. The van der Waals surface area contributed by atoms with Crippen LogP contribution in [0.3, 0.4) is 0 Å². The van der Waals surface area contributed by atoms with Crippen LogP contribution in [-0.2, 0) is 29.8 Å². The van der Waals surface area contributed by atoms with Gasteiger partial charge >= 0.3 is 0 Å². The van der Waals surface area contributed by atoms with Crippen LogP contribution >= 0.6 is 0 Å². The van der Waals surface area contributed by atoms with Crippen LogP contribution in [0.5, 0.6) is 0 Å². The number of nitrogens with one attached hydrogen (secondary N) is 2. The third kappa shape index (κ3) is 6.37. The van der Waals surface area contributed by atoms with Crippen molar-refractivity contribution < 1.29 is 26.4 Å². The first-order valence-corrected chi connectivity index (χ1v) is 12.0. The van der Waals surface area contributed by atoms with E-state index in [1.807, 2.05) is 6.92 Å². The number of likely N-dealkylation sites (N-methyl/N-ethyl adjacent to an activating group) is 1. The minimum atomic E-state index is -3.70. The van der Waals surface area contributed by atoms with E-state index in [-0.39, 0.29) is 25.0 Å². The van der Waals surface area contributed by atoms with Gasteiger partial charge in [0.1, 0.15) is 5.54 Å². The molecular formula is C15H31N5O6S2. The molecule has 2 amide bonds. The Morgan fingerprint density at radius 2 is 1.64 bits per heavy atom. The highest BCUT2D eigenvalue weighted by Gasteiger charge is 2.40. The predicted octanol–water partition coefficient (Wildman–Crippen LogP) is -1.98. The molecule has 0 saturated carbocycles. The van der Waals surface area contributed by atoms with E-state index in [1.165, 1.54) is 39.9 Å². The largest absolute Gasteiger partial charge is 0.350 e. The summed E-state index contributed by atoms with van der Waals surface area (Å²) in [5.74, 6) is -0.945. The first kappa shape index (κ1) is 24.8. The van der Waals surface area contributed by atoms with Crippen molar-refractivity contribution in [3.63, 3.8) is 0 Å². The van der Waals surface area contributed by atoms with Crippen LogP contribution in [0.15, 0.2) is 0 Å². The number of likely N-dealkylation sites (tertiary alicyclic amines) is 1.